The molecular formula is C16H12N4O2S. The summed E-state index contributed by atoms with van der Waals surface area (Å²) in [4.78, 5) is 17.7. The molecule has 0 unspecified atom stereocenters. The topological polar surface area (TPSA) is 90.0 Å². The number of thiazole rings is 1. The van der Waals surface area contributed by atoms with Gasteiger partial charge in [-0.2, -0.15) is 10.5 Å². The number of carbonyl (C=O) groups is 1. The van der Waals surface area contributed by atoms with Crippen molar-refractivity contribution in [2.75, 3.05) is 12.0 Å². The van der Waals surface area contributed by atoms with Crippen LogP contribution < -0.4 is 9.64 Å². The smallest absolute Gasteiger partial charge is 0.230 e. The second kappa shape index (κ2) is 7.21. The second-order valence-electron chi connectivity index (χ2n) is 4.39. The van der Waals surface area contributed by atoms with Gasteiger partial charge in [0.05, 0.1) is 18.5 Å². The number of hydrogen-bond acceptors (Lipinski definition) is 6. The van der Waals surface area contributed by atoms with Gasteiger partial charge in [0.25, 0.3) is 0 Å². The zero-order valence-corrected chi connectivity index (χ0v) is 13.3. The summed E-state index contributed by atoms with van der Waals surface area (Å²) in [6.45, 7) is 1.44. The molecule has 2 rings (SSSR count). The minimum atomic E-state index is -0.194. The lowest BCUT2D eigenvalue weighted by molar-refractivity contribution is -0.115. The minimum Gasteiger partial charge on any atom is -0.497 e. The van der Waals surface area contributed by atoms with E-state index in [0.717, 1.165) is 0 Å². The van der Waals surface area contributed by atoms with Crippen molar-refractivity contribution in [3.05, 3.63) is 40.9 Å². The Morgan fingerprint density at radius 1 is 1.30 bits per heavy atom. The first-order valence-electron chi connectivity index (χ1n) is 6.51. The van der Waals surface area contributed by atoms with Gasteiger partial charge in [-0.05, 0) is 30.3 Å². The molecule has 0 aliphatic carbocycles. The third kappa shape index (κ3) is 3.73. The highest BCUT2D eigenvalue weighted by molar-refractivity contribution is 7.14. The number of anilines is 2. The number of benzene rings is 1. The summed E-state index contributed by atoms with van der Waals surface area (Å²) >= 11 is 1.25. The maximum atomic E-state index is 12.0. The fraction of sp³-hybridized carbons (Fsp3) is 0.125. The van der Waals surface area contributed by atoms with E-state index in [2.05, 4.69) is 4.98 Å². The second-order valence-corrected chi connectivity index (χ2v) is 5.23. The van der Waals surface area contributed by atoms with Crippen molar-refractivity contribution >= 4 is 34.1 Å². The number of nitrogens with zero attached hydrogens (tertiary/aromatic N) is 4. The number of hydrogen-bond donors (Lipinski definition) is 0. The fourth-order valence-electron chi connectivity index (χ4n) is 1.84. The van der Waals surface area contributed by atoms with Crippen LogP contribution in [0, 0.1) is 22.7 Å². The lowest BCUT2D eigenvalue weighted by Gasteiger charge is -2.18. The van der Waals surface area contributed by atoms with Crippen molar-refractivity contribution in [1.82, 2.24) is 4.98 Å². The van der Waals surface area contributed by atoms with Crippen molar-refractivity contribution in [2.24, 2.45) is 0 Å². The van der Waals surface area contributed by atoms with Crippen LogP contribution in [0.25, 0.3) is 6.08 Å². The molecule has 0 atom stereocenters. The van der Waals surface area contributed by atoms with E-state index in [1.165, 1.54) is 29.2 Å². The molecule has 0 N–H and O–H groups in total. The van der Waals surface area contributed by atoms with Gasteiger partial charge in [-0.3, -0.25) is 9.69 Å². The lowest BCUT2D eigenvalue weighted by atomic mass is 10.2. The van der Waals surface area contributed by atoms with Crippen LogP contribution >= 0.6 is 11.3 Å². The van der Waals surface area contributed by atoms with Crippen LogP contribution in [0.15, 0.2) is 35.2 Å². The average Bonchev–Trinajstić information content (AvgIpc) is 3.01. The van der Waals surface area contributed by atoms with Crippen molar-refractivity contribution in [2.45, 2.75) is 6.92 Å². The fourth-order valence-corrected chi connectivity index (χ4v) is 2.69. The summed E-state index contributed by atoms with van der Waals surface area (Å²) in [5.74, 6) is 0.494. The van der Waals surface area contributed by atoms with Crippen molar-refractivity contribution in [3.63, 3.8) is 0 Å². The number of ether oxygens (including phenoxy) is 1. The summed E-state index contributed by atoms with van der Waals surface area (Å²) in [6, 6.07) is 10.6. The van der Waals surface area contributed by atoms with Gasteiger partial charge in [-0.25, -0.2) is 4.98 Å². The number of rotatable bonds is 4. The van der Waals surface area contributed by atoms with Crippen LogP contribution in [0.5, 0.6) is 5.75 Å². The molecule has 0 saturated carbocycles. The maximum absolute atomic E-state index is 12.0. The largest absolute Gasteiger partial charge is 0.497 e. The van der Waals surface area contributed by atoms with Gasteiger partial charge in [0.15, 0.2) is 5.13 Å². The van der Waals surface area contributed by atoms with E-state index in [0.29, 0.717) is 22.3 Å². The Kier molecular flexibility index (Phi) is 5.08. The highest BCUT2D eigenvalue weighted by Crippen LogP contribution is 2.30. The zero-order chi connectivity index (χ0) is 16.8. The molecule has 0 bridgehead atoms. The zero-order valence-electron chi connectivity index (χ0n) is 12.5. The number of nitriles is 2. The lowest BCUT2D eigenvalue weighted by Crippen LogP contribution is -2.22. The van der Waals surface area contributed by atoms with Gasteiger partial charge in [0.1, 0.15) is 23.5 Å². The Bertz CT molecular complexity index is 809. The molecule has 0 spiro atoms. The molecule has 0 radical (unpaired) electrons. The van der Waals surface area contributed by atoms with Gasteiger partial charge >= 0.3 is 0 Å². The number of allylic oxidation sites excluding steroid dienone is 1. The van der Waals surface area contributed by atoms with Gasteiger partial charge in [-0.15, -0.1) is 11.3 Å². The van der Waals surface area contributed by atoms with E-state index in [1.807, 2.05) is 0 Å². The van der Waals surface area contributed by atoms with E-state index in [1.54, 1.807) is 48.9 Å². The Labute approximate surface area is 137 Å². The minimum absolute atomic E-state index is 0.0410. The van der Waals surface area contributed by atoms with Crippen LogP contribution in [0.2, 0.25) is 0 Å². The molecule has 2 aromatic rings. The van der Waals surface area contributed by atoms with Gasteiger partial charge in [-0.1, -0.05) is 0 Å². The summed E-state index contributed by atoms with van der Waals surface area (Å²) < 4.78 is 5.10. The van der Waals surface area contributed by atoms with E-state index in [-0.39, 0.29) is 11.5 Å². The molecule has 6 nitrogen and oxygen atoms in total. The Morgan fingerprint density at radius 3 is 2.48 bits per heavy atom. The van der Waals surface area contributed by atoms with Crippen LogP contribution in [0.1, 0.15) is 12.6 Å². The number of amides is 1. The SMILES string of the molecule is COc1ccc(N(C(C)=O)c2nc(C=C(C#N)C#N)cs2)cc1. The first kappa shape index (κ1) is 16.2. The third-order valence-electron chi connectivity index (χ3n) is 2.88. The summed E-state index contributed by atoms with van der Waals surface area (Å²) in [5, 5.41) is 19.7. The molecule has 1 aromatic heterocycles. The quantitative estimate of drug-likeness (QED) is 0.805. The van der Waals surface area contributed by atoms with Gasteiger partial charge in [0, 0.05) is 12.3 Å². The Balaban J connectivity index is 2.38. The number of carbonyl (C=O) groups excluding carboxylic acids is 1. The third-order valence-corrected chi connectivity index (χ3v) is 3.72. The Morgan fingerprint density at radius 2 is 1.96 bits per heavy atom. The van der Waals surface area contributed by atoms with E-state index >= 15 is 0 Å². The van der Waals surface area contributed by atoms with Crippen LogP contribution in [-0.4, -0.2) is 18.0 Å². The molecule has 0 aliphatic rings. The van der Waals surface area contributed by atoms with Crippen LogP contribution in [0.4, 0.5) is 10.8 Å². The number of methoxy groups -OCH3 is 1. The van der Waals surface area contributed by atoms with Gasteiger partial charge in [0.2, 0.25) is 5.91 Å². The Hall–Kier alpha value is -3.16. The molecular weight excluding hydrogens is 312 g/mol. The normalized spacial score (nSPS) is 9.39. The highest BCUT2D eigenvalue weighted by Gasteiger charge is 2.17. The van der Waals surface area contributed by atoms with E-state index < -0.39 is 0 Å². The molecule has 0 aliphatic heterocycles. The number of aromatic nitrogens is 1. The molecule has 114 valence electrons. The first-order chi connectivity index (χ1) is 11.1. The van der Waals surface area contributed by atoms with Crippen LogP contribution in [0.3, 0.4) is 0 Å². The maximum Gasteiger partial charge on any atom is 0.230 e. The predicted octanol–water partition coefficient (Wildman–Crippen LogP) is 3.27. The predicted molar refractivity (Wildman–Crippen MR) is 87.1 cm³/mol. The molecule has 1 aromatic carbocycles. The average molecular weight is 324 g/mol. The molecule has 0 saturated heterocycles. The molecule has 7 heteroatoms. The summed E-state index contributed by atoms with van der Waals surface area (Å²) in [5.41, 5.74) is 1.08. The van der Waals surface area contributed by atoms with E-state index in [9.17, 15) is 4.79 Å². The van der Waals surface area contributed by atoms with Crippen LogP contribution in [-0.2, 0) is 4.79 Å². The van der Waals surface area contributed by atoms with Crippen molar-refractivity contribution < 1.29 is 9.53 Å². The molecule has 1 amide bonds. The molecule has 0 fully saturated rings. The molecule has 1 heterocycles. The van der Waals surface area contributed by atoms with Crippen molar-refractivity contribution in [3.8, 4) is 17.9 Å². The summed E-state index contributed by atoms with van der Waals surface area (Å²) in [7, 11) is 1.57. The monoisotopic (exact) mass is 324 g/mol. The first-order valence-corrected chi connectivity index (χ1v) is 7.39. The van der Waals surface area contributed by atoms with Gasteiger partial charge < -0.3 is 4.74 Å². The highest BCUT2D eigenvalue weighted by atomic mass is 32.1. The van der Waals surface area contributed by atoms with E-state index in [4.69, 9.17) is 15.3 Å². The summed E-state index contributed by atoms with van der Waals surface area (Å²) in [6.07, 6.45) is 1.38. The van der Waals surface area contributed by atoms with Crippen molar-refractivity contribution in [1.29, 1.82) is 10.5 Å². The standard InChI is InChI=1S/C16H12N4O2S/c1-11(21)20(14-3-5-15(22-2)6-4-14)16-19-13(10-23-16)7-12(8-17)9-18/h3-7,10H,1-2H3. The molecule has 23 heavy (non-hydrogen) atoms.